The molecule has 4 nitrogen and oxygen atoms in total. The Balaban J connectivity index is 2.02. The summed E-state index contributed by atoms with van der Waals surface area (Å²) in [4.78, 5) is 14.7. The smallest absolute Gasteiger partial charge is 0.339 e. The number of alkyl halides is 2. The van der Waals surface area contributed by atoms with Crippen LogP contribution in [0.15, 0.2) is 18.3 Å². The third-order valence-electron chi connectivity index (χ3n) is 2.98. The molecule has 0 spiro atoms. The van der Waals surface area contributed by atoms with E-state index >= 15 is 0 Å². The van der Waals surface area contributed by atoms with Gasteiger partial charge in [0.2, 0.25) is 0 Å². The summed E-state index contributed by atoms with van der Waals surface area (Å²) in [5, 5.41) is 11.6. The van der Waals surface area contributed by atoms with Gasteiger partial charge >= 0.3 is 5.97 Å². The number of rotatable bonds is 4. The summed E-state index contributed by atoms with van der Waals surface area (Å²) < 4.78 is 26.0. The van der Waals surface area contributed by atoms with Gasteiger partial charge in [0.15, 0.2) is 0 Å². The molecule has 1 heterocycles. The Labute approximate surface area is 96.7 Å². The Hall–Kier alpha value is -1.72. The molecule has 1 aliphatic carbocycles. The molecule has 1 aromatic heterocycles. The Morgan fingerprint density at radius 3 is 2.94 bits per heavy atom. The van der Waals surface area contributed by atoms with Gasteiger partial charge in [-0.15, -0.1) is 0 Å². The molecule has 2 N–H and O–H groups in total. The third-order valence-corrected chi connectivity index (χ3v) is 2.98. The van der Waals surface area contributed by atoms with Gasteiger partial charge in [-0.05, 0) is 18.6 Å². The lowest BCUT2D eigenvalue weighted by Gasteiger charge is -2.36. The first kappa shape index (κ1) is 11.8. The first-order valence-corrected chi connectivity index (χ1v) is 5.31. The molecular weight excluding hydrogens is 230 g/mol. The molecular formula is C11H12F2N2O2. The number of aromatic carboxylic acids is 1. The lowest BCUT2D eigenvalue weighted by Crippen LogP contribution is -2.42. The minimum atomic E-state index is -2.63. The van der Waals surface area contributed by atoms with Gasteiger partial charge in [0.05, 0.1) is 0 Å². The molecule has 0 saturated heterocycles. The van der Waals surface area contributed by atoms with Gasteiger partial charge in [0.25, 0.3) is 5.92 Å². The van der Waals surface area contributed by atoms with Crippen LogP contribution in [-0.4, -0.2) is 28.5 Å². The van der Waals surface area contributed by atoms with E-state index in [0.29, 0.717) is 6.42 Å². The summed E-state index contributed by atoms with van der Waals surface area (Å²) in [6.45, 7) is 0.0459. The maximum atomic E-state index is 13.0. The highest BCUT2D eigenvalue weighted by Crippen LogP contribution is 2.43. The molecule has 0 aliphatic heterocycles. The van der Waals surface area contributed by atoms with Crippen molar-refractivity contribution in [1.82, 2.24) is 4.98 Å². The van der Waals surface area contributed by atoms with Crippen molar-refractivity contribution < 1.29 is 18.7 Å². The van der Waals surface area contributed by atoms with Gasteiger partial charge in [-0.2, -0.15) is 0 Å². The molecule has 1 aromatic rings. The van der Waals surface area contributed by atoms with Crippen molar-refractivity contribution in [3.05, 3.63) is 23.9 Å². The minimum absolute atomic E-state index is 0.00450. The molecule has 1 aliphatic rings. The predicted octanol–water partition coefficient (Wildman–Crippen LogP) is 2.24. The van der Waals surface area contributed by atoms with Gasteiger partial charge in [-0.3, -0.25) is 0 Å². The van der Waals surface area contributed by atoms with Crippen LogP contribution in [0.1, 0.15) is 23.2 Å². The zero-order valence-electron chi connectivity index (χ0n) is 8.99. The molecule has 17 heavy (non-hydrogen) atoms. The lowest BCUT2D eigenvalue weighted by atomic mass is 9.81. The Morgan fingerprint density at radius 1 is 1.65 bits per heavy atom. The highest BCUT2D eigenvalue weighted by atomic mass is 19.3. The number of nitrogens with zero attached hydrogens (tertiary/aromatic N) is 1. The highest BCUT2D eigenvalue weighted by molar-refractivity contribution is 5.92. The van der Waals surface area contributed by atoms with E-state index in [0.717, 1.165) is 0 Å². The molecule has 0 aromatic carbocycles. The molecule has 1 unspecified atom stereocenters. The quantitative estimate of drug-likeness (QED) is 0.849. The number of pyridine rings is 1. The van der Waals surface area contributed by atoms with E-state index in [1.807, 2.05) is 0 Å². The Morgan fingerprint density at radius 2 is 2.41 bits per heavy atom. The van der Waals surface area contributed by atoms with Crippen molar-refractivity contribution in [2.45, 2.75) is 18.8 Å². The summed E-state index contributed by atoms with van der Waals surface area (Å²) in [5.74, 6) is -4.35. The van der Waals surface area contributed by atoms with E-state index in [1.54, 1.807) is 0 Å². The van der Waals surface area contributed by atoms with Crippen LogP contribution < -0.4 is 5.32 Å². The van der Waals surface area contributed by atoms with E-state index in [2.05, 4.69) is 10.3 Å². The second-order valence-electron chi connectivity index (χ2n) is 4.08. The lowest BCUT2D eigenvalue weighted by molar-refractivity contribution is -0.126. The van der Waals surface area contributed by atoms with Crippen molar-refractivity contribution in [2.24, 2.45) is 5.92 Å². The van der Waals surface area contributed by atoms with E-state index in [9.17, 15) is 13.6 Å². The van der Waals surface area contributed by atoms with Gasteiger partial charge in [0, 0.05) is 25.1 Å². The molecule has 2 rings (SSSR count). The van der Waals surface area contributed by atoms with Crippen LogP contribution in [0.2, 0.25) is 0 Å². The number of aromatic nitrogens is 1. The fourth-order valence-electron chi connectivity index (χ4n) is 1.76. The van der Waals surface area contributed by atoms with Gasteiger partial charge in [-0.25, -0.2) is 18.6 Å². The Bertz CT molecular complexity index is 437. The standard InChI is InChI=1S/C11H12F2N2O2/c12-11(13)4-3-7(11)6-15-9-8(10(16)17)2-1-5-14-9/h1-2,5,7H,3-4,6H2,(H,14,15)(H,16,17). The maximum absolute atomic E-state index is 13.0. The van der Waals surface area contributed by atoms with Crippen molar-refractivity contribution >= 4 is 11.8 Å². The molecule has 1 atom stereocenters. The van der Waals surface area contributed by atoms with Crippen LogP contribution in [0, 0.1) is 5.92 Å². The largest absolute Gasteiger partial charge is 0.478 e. The topological polar surface area (TPSA) is 62.2 Å². The van der Waals surface area contributed by atoms with Gasteiger partial charge in [0.1, 0.15) is 11.4 Å². The van der Waals surface area contributed by atoms with Crippen molar-refractivity contribution in [3.63, 3.8) is 0 Å². The molecule has 92 valence electrons. The zero-order valence-corrected chi connectivity index (χ0v) is 8.99. The minimum Gasteiger partial charge on any atom is -0.478 e. The average molecular weight is 242 g/mol. The van der Waals surface area contributed by atoms with Gasteiger partial charge < -0.3 is 10.4 Å². The molecule has 0 bridgehead atoms. The first-order chi connectivity index (χ1) is 8.00. The number of carboxylic acid groups (broad SMARTS) is 1. The van der Waals surface area contributed by atoms with Crippen LogP contribution in [0.4, 0.5) is 14.6 Å². The SMILES string of the molecule is O=C(O)c1cccnc1NCC1CCC1(F)F. The summed E-state index contributed by atoms with van der Waals surface area (Å²) in [6, 6.07) is 2.88. The van der Waals surface area contributed by atoms with E-state index in [4.69, 9.17) is 5.11 Å². The summed E-state index contributed by atoms with van der Waals surface area (Å²) >= 11 is 0. The molecule has 6 heteroatoms. The van der Waals surface area contributed by atoms with E-state index in [1.165, 1.54) is 18.3 Å². The van der Waals surface area contributed by atoms with Crippen molar-refractivity contribution in [1.29, 1.82) is 0 Å². The molecule has 1 fully saturated rings. The summed E-state index contributed by atoms with van der Waals surface area (Å²) in [7, 11) is 0. The maximum Gasteiger partial charge on any atom is 0.339 e. The predicted molar refractivity (Wildman–Crippen MR) is 57.4 cm³/mol. The number of hydrogen-bond donors (Lipinski definition) is 2. The van der Waals surface area contributed by atoms with E-state index < -0.39 is 17.8 Å². The normalized spacial score (nSPS) is 21.6. The second-order valence-corrected chi connectivity index (χ2v) is 4.08. The molecule has 1 saturated carbocycles. The zero-order chi connectivity index (χ0) is 12.5. The summed E-state index contributed by atoms with van der Waals surface area (Å²) in [5.41, 5.74) is -0.00450. The Kier molecular flexibility index (Phi) is 2.95. The van der Waals surface area contributed by atoms with Crippen molar-refractivity contribution in [2.75, 3.05) is 11.9 Å². The number of anilines is 1. The highest BCUT2D eigenvalue weighted by Gasteiger charge is 2.47. The van der Waals surface area contributed by atoms with Crippen molar-refractivity contribution in [3.8, 4) is 0 Å². The van der Waals surface area contributed by atoms with Crippen LogP contribution in [0.25, 0.3) is 0 Å². The van der Waals surface area contributed by atoms with Crippen LogP contribution in [0.3, 0.4) is 0 Å². The number of nitrogens with one attached hydrogen (secondary N) is 1. The van der Waals surface area contributed by atoms with Gasteiger partial charge in [-0.1, -0.05) is 0 Å². The third kappa shape index (κ3) is 2.35. The van der Waals surface area contributed by atoms with E-state index in [-0.39, 0.29) is 24.3 Å². The average Bonchev–Trinajstić information content (AvgIpc) is 2.28. The summed E-state index contributed by atoms with van der Waals surface area (Å²) in [6.07, 6.45) is 1.79. The fraction of sp³-hybridized carbons (Fsp3) is 0.455. The second kappa shape index (κ2) is 4.27. The number of halogens is 2. The van der Waals surface area contributed by atoms with Crippen LogP contribution in [-0.2, 0) is 0 Å². The number of carboxylic acids is 1. The monoisotopic (exact) mass is 242 g/mol. The van der Waals surface area contributed by atoms with Crippen LogP contribution >= 0.6 is 0 Å². The molecule has 0 amide bonds. The number of carbonyl (C=O) groups is 1. The molecule has 0 radical (unpaired) electrons. The fourth-order valence-corrected chi connectivity index (χ4v) is 1.76. The first-order valence-electron chi connectivity index (χ1n) is 5.31. The number of hydrogen-bond acceptors (Lipinski definition) is 3. The van der Waals surface area contributed by atoms with Crippen LogP contribution in [0.5, 0.6) is 0 Å².